The van der Waals surface area contributed by atoms with E-state index in [9.17, 15) is 18.4 Å². The van der Waals surface area contributed by atoms with Crippen LogP contribution < -0.4 is 10.6 Å². The lowest BCUT2D eigenvalue weighted by molar-refractivity contribution is -0.133. The fourth-order valence-corrected chi connectivity index (χ4v) is 3.73. The third kappa shape index (κ3) is 6.02. The van der Waals surface area contributed by atoms with Crippen LogP contribution in [-0.4, -0.2) is 35.7 Å². The standard InChI is InChI=1S/C18H32F2N2O2/c1-15(2)8-12(22-14(24)17(5,6)20)9-18(7,10-15)11-21-13(23)16(3,4)19/h12H,8-11H2,1-7H3,(H,21,23)(H,22,24)/t12-,18+/m1/s1. The highest BCUT2D eigenvalue weighted by atomic mass is 19.1. The van der Waals surface area contributed by atoms with Gasteiger partial charge in [-0.25, -0.2) is 8.78 Å². The molecular weight excluding hydrogens is 314 g/mol. The van der Waals surface area contributed by atoms with Crippen molar-refractivity contribution in [1.82, 2.24) is 10.6 Å². The minimum absolute atomic E-state index is 0.0681. The molecule has 24 heavy (non-hydrogen) atoms. The Bertz CT molecular complexity index is 492. The van der Waals surface area contributed by atoms with Crippen molar-refractivity contribution in [2.45, 2.75) is 85.1 Å². The summed E-state index contributed by atoms with van der Waals surface area (Å²) < 4.78 is 27.5. The van der Waals surface area contributed by atoms with Crippen molar-refractivity contribution in [3.63, 3.8) is 0 Å². The molecule has 1 aliphatic rings. The van der Waals surface area contributed by atoms with Gasteiger partial charge in [0.15, 0.2) is 11.3 Å². The first-order chi connectivity index (χ1) is 10.5. The zero-order chi connectivity index (χ0) is 19.0. The second-order valence-electron chi connectivity index (χ2n) is 9.36. The molecule has 2 amide bonds. The van der Waals surface area contributed by atoms with Crippen LogP contribution in [0.4, 0.5) is 8.78 Å². The topological polar surface area (TPSA) is 58.2 Å². The molecular formula is C18H32F2N2O2. The highest BCUT2D eigenvalue weighted by Crippen LogP contribution is 2.46. The number of hydrogen-bond donors (Lipinski definition) is 2. The molecule has 6 heteroatoms. The lowest BCUT2D eigenvalue weighted by Gasteiger charge is -2.47. The highest BCUT2D eigenvalue weighted by molar-refractivity contribution is 5.84. The van der Waals surface area contributed by atoms with E-state index in [1.807, 2.05) is 6.92 Å². The molecule has 0 aliphatic heterocycles. The fraction of sp³-hybridized carbons (Fsp3) is 0.889. The van der Waals surface area contributed by atoms with Crippen molar-refractivity contribution in [3.8, 4) is 0 Å². The van der Waals surface area contributed by atoms with Gasteiger partial charge in [-0.05, 0) is 57.8 Å². The van der Waals surface area contributed by atoms with E-state index in [0.717, 1.165) is 12.8 Å². The monoisotopic (exact) mass is 346 g/mol. The number of carbonyl (C=O) groups excluding carboxylic acids is 2. The largest absolute Gasteiger partial charge is 0.353 e. The van der Waals surface area contributed by atoms with Crippen molar-refractivity contribution < 1.29 is 18.4 Å². The Morgan fingerprint density at radius 2 is 1.50 bits per heavy atom. The van der Waals surface area contributed by atoms with Gasteiger partial charge in [0.05, 0.1) is 0 Å². The highest BCUT2D eigenvalue weighted by Gasteiger charge is 2.43. The zero-order valence-electron chi connectivity index (χ0n) is 16.0. The first kappa shape index (κ1) is 20.8. The van der Waals surface area contributed by atoms with Crippen LogP contribution in [0.1, 0.15) is 67.7 Å². The summed E-state index contributed by atoms with van der Waals surface area (Å²) >= 11 is 0. The van der Waals surface area contributed by atoms with Crippen LogP contribution in [-0.2, 0) is 9.59 Å². The maximum absolute atomic E-state index is 13.8. The second kappa shape index (κ2) is 6.60. The van der Waals surface area contributed by atoms with Gasteiger partial charge in [-0.15, -0.1) is 0 Å². The van der Waals surface area contributed by atoms with Gasteiger partial charge in [0.1, 0.15) is 0 Å². The molecule has 4 nitrogen and oxygen atoms in total. The summed E-state index contributed by atoms with van der Waals surface area (Å²) in [6, 6.07) is -0.170. The van der Waals surface area contributed by atoms with Gasteiger partial charge in [-0.1, -0.05) is 20.8 Å². The lowest BCUT2D eigenvalue weighted by Crippen LogP contribution is -2.53. The lowest BCUT2D eigenvalue weighted by atomic mass is 9.62. The average molecular weight is 346 g/mol. The summed E-state index contributed by atoms with van der Waals surface area (Å²) in [6.45, 7) is 11.4. The first-order valence-electron chi connectivity index (χ1n) is 8.51. The summed E-state index contributed by atoms with van der Waals surface area (Å²) in [5.41, 5.74) is -4.21. The Morgan fingerprint density at radius 3 is 1.96 bits per heavy atom. The van der Waals surface area contributed by atoms with E-state index < -0.39 is 23.2 Å². The van der Waals surface area contributed by atoms with E-state index in [2.05, 4.69) is 24.5 Å². The van der Waals surface area contributed by atoms with Gasteiger partial charge in [-0.2, -0.15) is 0 Å². The molecule has 0 radical (unpaired) electrons. The summed E-state index contributed by atoms with van der Waals surface area (Å²) in [7, 11) is 0. The summed E-state index contributed by atoms with van der Waals surface area (Å²) in [5, 5.41) is 5.46. The molecule has 0 aromatic carbocycles. The molecule has 2 atom stereocenters. The number of carbonyl (C=O) groups is 2. The van der Waals surface area contributed by atoms with Crippen LogP contribution in [0, 0.1) is 10.8 Å². The molecule has 1 aliphatic carbocycles. The van der Waals surface area contributed by atoms with Gasteiger partial charge in [0.25, 0.3) is 11.8 Å². The van der Waals surface area contributed by atoms with Gasteiger partial charge in [-0.3, -0.25) is 9.59 Å². The van der Waals surface area contributed by atoms with E-state index in [4.69, 9.17) is 0 Å². The molecule has 1 saturated carbocycles. The van der Waals surface area contributed by atoms with E-state index in [1.54, 1.807) is 0 Å². The predicted molar refractivity (Wildman–Crippen MR) is 91.1 cm³/mol. The quantitative estimate of drug-likeness (QED) is 0.802. The normalized spacial score (nSPS) is 27.5. The summed E-state index contributed by atoms with van der Waals surface area (Å²) in [4.78, 5) is 23.7. The molecule has 0 spiro atoms. The molecule has 0 heterocycles. The van der Waals surface area contributed by atoms with Gasteiger partial charge < -0.3 is 10.6 Å². The van der Waals surface area contributed by atoms with Gasteiger partial charge >= 0.3 is 0 Å². The Morgan fingerprint density at radius 1 is 1.00 bits per heavy atom. The van der Waals surface area contributed by atoms with E-state index >= 15 is 0 Å². The first-order valence-corrected chi connectivity index (χ1v) is 8.51. The number of nitrogens with one attached hydrogen (secondary N) is 2. The minimum atomic E-state index is -1.93. The number of hydrogen-bond acceptors (Lipinski definition) is 2. The van der Waals surface area contributed by atoms with Gasteiger partial charge in [0, 0.05) is 12.6 Å². The number of rotatable bonds is 5. The molecule has 0 bridgehead atoms. The van der Waals surface area contributed by atoms with E-state index in [-0.39, 0.29) is 16.9 Å². The molecule has 0 aromatic heterocycles. The molecule has 0 saturated heterocycles. The Hall–Kier alpha value is -1.20. The van der Waals surface area contributed by atoms with E-state index in [0.29, 0.717) is 13.0 Å². The SMILES string of the molecule is CC1(C)C[C@@H](NC(=O)C(C)(C)F)C[C@](C)(CNC(=O)C(C)(C)F)C1. The maximum atomic E-state index is 13.8. The van der Waals surface area contributed by atoms with Crippen molar-refractivity contribution in [2.75, 3.05) is 6.54 Å². The van der Waals surface area contributed by atoms with E-state index in [1.165, 1.54) is 27.7 Å². The predicted octanol–water partition coefficient (Wildman–Crippen LogP) is 3.30. The van der Waals surface area contributed by atoms with Crippen molar-refractivity contribution in [2.24, 2.45) is 10.8 Å². The van der Waals surface area contributed by atoms with Crippen LogP contribution >= 0.6 is 0 Å². The maximum Gasteiger partial charge on any atom is 0.257 e. The van der Waals surface area contributed by atoms with Gasteiger partial charge in [0.2, 0.25) is 0 Å². The second-order valence-corrected chi connectivity index (χ2v) is 9.36. The number of alkyl halides is 2. The van der Waals surface area contributed by atoms with Crippen molar-refractivity contribution >= 4 is 11.8 Å². The van der Waals surface area contributed by atoms with Crippen molar-refractivity contribution in [1.29, 1.82) is 0 Å². The van der Waals surface area contributed by atoms with Crippen LogP contribution in [0.25, 0.3) is 0 Å². The van der Waals surface area contributed by atoms with Crippen LogP contribution in [0.15, 0.2) is 0 Å². The Labute approximate surface area is 144 Å². The Balaban J connectivity index is 2.80. The molecule has 2 N–H and O–H groups in total. The summed E-state index contributed by atoms with van der Waals surface area (Å²) in [6.07, 6.45) is 2.19. The smallest absolute Gasteiger partial charge is 0.257 e. The van der Waals surface area contributed by atoms with Crippen LogP contribution in [0.5, 0.6) is 0 Å². The van der Waals surface area contributed by atoms with Crippen LogP contribution in [0.2, 0.25) is 0 Å². The molecule has 1 fully saturated rings. The summed E-state index contributed by atoms with van der Waals surface area (Å²) in [5.74, 6) is -1.26. The number of amides is 2. The minimum Gasteiger partial charge on any atom is -0.353 e. The molecule has 140 valence electrons. The van der Waals surface area contributed by atoms with Crippen molar-refractivity contribution in [3.05, 3.63) is 0 Å². The molecule has 0 unspecified atom stereocenters. The van der Waals surface area contributed by atoms with Crippen LogP contribution in [0.3, 0.4) is 0 Å². The third-order valence-corrected chi connectivity index (χ3v) is 4.53. The third-order valence-electron chi connectivity index (χ3n) is 4.53. The Kier molecular flexibility index (Phi) is 5.73. The average Bonchev–Trinajstić information content (AvgIpc) is 2.31. The molecule has 0 aromatic rings. The fourth-order valence-electron chi connectivity index (χ4n) is 3.73. The number of halogens is 2. The zero-order valence-corrected chi connectivity index (χ0v) is 16.0. The molecule has 1 rings (SSSR count).